The van der Waals surface area contributed by atoms with Gasteiger partial charge < -0.3 is 70.3 Å². The van der Waals surface area contributed by atoms with Gasteiger partial charge in [-0.25, -0.2) is 19.2 Å². The number of rotatable bonds is 22. The third-order valence-electron chi connectivity index (χ3n) is 15.1. The van der Waals surface area contributed by atoms with Gasteiger partial charge in [0.05, 0.1) is 37.1 Å². The Morgan fingerprint density at radius 1 is 0.988 bits per heavy atom. The number of epoxide rings is 1. The molecule has 4 aliphatic rings. The number of fused-ring (bicyclic) bond motifs is 5. The fourth-order valence-corrected chi connectivity index (χ4v) is 10.9. The van der Waals surface area contributed by atoms with Crippen molar-refractivity contribution in [3.05, 3.63) is 81.5 Å². The smallest absolute Gasteiger partial charge is 0.412 e. The Bertz CT molecular complexity index is 2930. The zero-order chi connectivity index (χ0) is 62.5. The van der Waals surface area contributed by atoms with E-state index in [4.69, 9.17) is 50.6 Å². The summed E-state index contributed by atoms with van der Waals surface area (Å²) in [5.41, 5.74) is 4.77. The number of hydrogen-bond donors (Lipinski definition) is 8. The molecule has 3 saturated heterocycles. The number of carbonyl (C=O) groups is 9. The molecule has 10 atom stereocenters. The molecule has 28 heteroatoms. The first-order valence-electron chi connectivity index (χ1n) is 27.5. The second kappa shape index (κ2) is 29.7. The topological polar surface area (TPSA) is 346 Å². The molecule has 9 amide bonds. The highest BCUT2D eigenvalue weighted by molar-refractivity contribution is 9.10. The maximum absolute atomic E-state index is 14.4. The van der Waals surface area contributed by atoms with E-state index in [-0.39, 0.29) is 65.9 Å². The molecule has 4 aliphatic heterocycles. The number of urea groups is 1. The highest BCUT2D eigenvalue weighted by Crippen LogP contribution is 2.49. The van der Waals surface area contributed by atoms with Crippen LogP contribution >= 0.6 is 27.5 Å². The first-order chi connectivity index (χ1) is 40.2. The van der Waals surface area contributed by atoms with Gasteiger partial charge in [-0.15, -0.1) is 5.06 Å². The van der Waals surface area contributed by atoms with E-state index in [1.54, 1.807) is 45.1 Å². The molecule has 3 fully saturated rings. The van der Waals surface area contributed by atoms with E-state index < -0.39 is 120 Å². The number of carbonyl (C=O) groups excluding carboxylic acids is 9. The molecular weight excluding hydrogens is 1200 g/mol. The maximum Gasteiger partial charge on any atom is 0.412 e. The molecule has 85 heavy (non-hydrogen) atoms. The van der Waals surface area contributed by atoms with Crippen LogP contribution in [0.15, 0.2) is 70.9 Å². The van der Waals surface area contributed by atoms with Crippen molar-refractivity contribution in [2.75, 3.05) is 50.5 Å². The lowest BCUT2D eigenvalue weighted by Gasteiger charge is -2.42. The minimum absolute atomic E-state index is 0.0267. The molecule has 4 bridgehead atoms. The number of nitrogens with zero attached hydrogens (tertiary/aromatic N) is 2. The van der Waals surface area contributed by atoms with E-state index in [0.717, 1.165) is 11.1 Å². The van der Waals surface area contributed by atoms with Crippen LogP contribution in [0, 0.1) is 5.92 Å². The standard InChI is InChI=1S/C57H75BrClN9O17/c1-30-14-12-17-42(81-9)57(78)29-41(82-55(77)66-57)32(3)50-56(5,84-50)43(28-46(71)67(6)39-25-34(24-30)26-40(80-8)48(39)59)83-54(76)65-37-20-19-35(27-36(37)58)63-51(73)38(16-13-23-61-53(60)75)64-52(74)49(33(4)79-7)62-31(2)15-10-11-18-47(72)85-68-44(69)21-22-45(68)70/h12,14,17,19-20,25-27,32-33,38,41-43,49-50,62,78H,2,10-11,13,15-16,18,21-24,28-29H2,1,3-9H3,(H,63,73)(H,64,74)(H,65,76)(H,66,77)(H3,60,61,75)/b17-12+,30-14+/t32-,33?,38+,41+,42-,43+,49+,50+,56+,57+/m1/s1. The van der Waals surface area contributed by atoms with Gasteiger partial charge in [0.2, 0.25) is 17.7 Å². The van der Waals surface area contributed by atoms with Crippen LogP contribution in [-0.4, -0.2) is 153 Å². The minimum atomic E-state index is -1.91. The summed E-state index contributed by atoms with van der Waals surface area (Å²) in [6.07, 6.45) is -0.504. The molecule has 6 rings (SSSR count). The van der Waals surface area contributed by atoms with Crippen LogP contribution in [-0.2, 0) is 63.7 Å². The van der Waals surface area contributed by atoms with Gasteiger partial charge in [0.25, 0.3) is 11.8 Å². The average Bonchev–Trinajstić information content (AvgIpc) is 1.67. The predicted octanol–water partition coefficient (Wildman–Crippen LogP) is 5.68. The lowest BCUT2D eigenvalue weighted by molar-refractivity contribution is -0.197. The van der Waals surface area contributed by atoms with E-state index in [0.29, 0.717) is 47.9 Å². The number of unbranched alkanes of at least 4 members (excludes halogenated alkanes) is 1. The zero-order valence-corrected chi connectivity index (χ0v) is 51.0. The number of aliphatic hydroxyl groups is 1. The van der Waals surface area contributed by atoms with Gasteiger partial charge in [-0.1, -0.05) is 48.9 Å². The number of alkyl carbamates (subject to hydrolysis) is 1. The van der Waals surface area contributed by atoms with E-state index in [9.17, 15) is 48.3 Å². The molecule has 0 aliphatic carbocycles. The molecule has 0 spiro atoms. The molecule has 0 saturated carbocycles. The average molecular weight is 1270 g/mol. The first-order valence-corrected chi connectivity index (χ1v) is 28.7. The van der Waals surface area contributed by atoms with Crippen molar-refractivity contribution < 1.29 is 81.5 Å². The summed E-state index contributed by atoms with van der Waals surface area (Å²) in [6, 6.07) is 4.92. The van der Waals surface area contributed by atoms with Crippen LogP contribution in [0.1, 0.15) is 97.5 Å². The molecular formula is C57H75BrClN9O17. The molecule has 4 heterocycles. The van der Waals surface area contributed by atoms with Crippen molar-refractivity contribution in [3.63, 3.8) is 0 Å². The summed E-state index contributed by atoms with van der Waals surface area (Å²) in [7, 11) is 5.78. The van der Waals surface area contributed by atoms with Crippen molar-refractivity contribution in [3.8, 4) is 5.75 Å². The lowest BCUT2D eigenvalue weighted by atomic mass is 9.83. The first kappa shape index (κ1) is 66.8. The number of nitrogens with one attached hydrogen (secondary N) is 6. The predicted molar refractivity (Wildman–Crippen MR) is 312 cm³/mol. The fourth-order valence-electron chi connectivity index (χ4n) is 10.1. The molecule has 2 aromatic carbocycles. The van der Waals surface area contributed by atoms with E-state index in [1.807, 2.05) is 13.0 Å². The van der Waals surface area contributed by atoms with Crippen molar-refractivity contribution in [2.45, 2.75) is 152 Å². The highest BCUT2D eigenvalue weighted by atomic mass is 79.9. The van der Waals surface area contributed by atoms with Gasteiger partial charge in [0, 0.05) is 75.3 Å². The van der Waals surface area contributed by atoms with Crippen molar-refractivity contribution in [1.82, 2.24) is 26.3 Å². The SMILES string of the molecule is C=C(CCCCC(=O)ON1C(=O)CCC1=O)N[C@H](C(=O)N[C@@H](CCCNC(N)=O)C(=O)Nc1ccc(NC(=O)O[C@H]2CC(=O)N(C)c3cc(cc(OC)c3Cl)C/C(C)=C/C=C/[C@@H](OC)[C@@]3(O)C[C@H](OC(=O)N3)[C@@H](C)[C@@H]3O[C@@]23C)c(Br)c1)C(C)OC. The van der Waals surface area contributed by atoms with Gasteiger partial charge in [-0.05, 0) is 111 Å². The second-order valence-electron chi connectivity index (χ2n) is 21.4. The van der Waals surface area contributed by atoms with E-state index >= 15 is 0 Å². The van der Waals surface area contributed by atoms with Gasteiger partial charge in [0.15, 0.2) is 5.72 Å². The molecule has 0 radical (unpaired) electrons. The molecule has 2 aromatic rings. The Labute approximate surface area is 505 Å². The number of nitrogens with two attached hydrogens (primary N) is 1. The number of imide groups is 1. The minimum Gasteiger partial charge on any atom is -0.495 e. The normalized spacial score (nSPS) is 25.3. The number of amides is 9. The van der Waals surface area contributed by atoms with Gasteiger partial charge in [-0.3, -0.25) is 34.6 Å². The Hall–Kier alpha value is -7.30. The summed E-state index contributed by atoms with van der Waals surface area (Å²) in [6.45, 7) is 11.0. The van der Waals surface area contributed by atoms with Crippen LogP contribution in [0.25, 0.3) is 0 Å². The number of anilines is 3. The third kappa shape index (κ3) is 17.7. The number of allylic oxidation sites excluding steroid dienone is 4. The summed E-state index contributed by atoms with van der Waals surface area (Å²) in [4.78, 5) is 123. The number of methoxy groups -OCH3 is 3. The number of primary amides is 1. The maximum atomic E-state index is 14.4. The Balaban J connectivity index is 1.16. The van der Waals surface area contributed by atoms with E-state index in [1.165, 1.54) is 51.5 Å². The Kier molecular flexibility index (Phi) is 23.3. The van der Waals surface area contributed by atoms with Crippen molar-refractivity contribution >= 4 is 98.3 Å². The summed E-state index contributed by atoms with van der Waals surface area (Å²) >= 11 is 10.3. The fraction of sp³-hybridized carbons (Fsp3) is 0.526. The Morgan fingerprint density at radius 3 is 2.35 bits per heavy atom. The van der Waals surface area contributed by atoms with Crippen LogP contribution in [0.2, 0.25) is 5.02 Å². The van der Waals surface area contributed by atoms with Crippen LogP contribution in [0.5, 0.6) is 5.75 Å². The third-order valence-corrected chi connectivity index (χ3v) is 16.1. The number of hydroxylamine groups is 2. The molecule has 9 N–H and O–H groups in total. The van der Waals surface area contributed by atoms with Crippen LogP contribution < -0.4 is 47.3 Å². The van der Waals surface area contributed by atoms with Crippen molar-refractivity contribution in [2.24, 2.45) is 11.7 Å². The lowest BCUT2D eigenvalue weighted by Crippen LogP contribution is -2.63. The highest BCUT2D eigenvalue weighted by Gasteiger charge is 2.64. The number of benzene rings is 2. The van der Waals surface area contributed by atoms with Gasteiger partial charge in [0.1, 0.15) is 46.8 Å². The zero-order valence-electron chi connectivity index (χ0n) is 48.6. The number of halogens is 2. The van der Waals surface area contributed by atoms with Gasteiger partial charge in [-0.2, -0.15) is 0 Å². The molecule has 26 nitrogen and oxygen atoms in total. The second-order valence-corrected chi connectivity index (χ2v) is 22.6. The molecule has 0 aromatic heterocycles. The quantitative estimate of drug-likeness (QED) is 0.0399. The van der Waals surface area contributed by atoms with Crippen LogP contribution in [0.3, 0.4) is 0 Å². The summed E-state index contributed by atoms with van der Waals surface area (Å²) in [5.74, 6) is -4.04. The largest absolute Gasteiger partial charge is 0.495 e. The van der Waals surface area contributed by atoms with E-state index in [2.05, 4.69) is 54.4 Å². The number of ether oxygens (including phenoxy) is 6. The monoisotopic (exact) mass is 1270 g/mol. The van der Waals surface area contributed by atoms with Crippen LogP contribution in [0.4, 0.5) is 31.4 Å². The summed E-state index contributed by atoms with van der Waals surface area (Å²) in [5, 5.41) is 28.8. The summed E-state index contributed by atoms with van der Waals surface area (Å²) < 4.78 is 35.2. The molecule has 1 unspecified atom stereocenters. The Morgan fingerprint density at radius 2 is 1.69 bits per heavy atom. The van der Waals surface area contributed by atoms with Crippen molar-refractivity contribution in [1.29, 1.82) is 0 Å². The van der Waals surface area contributed by atoms with Gasteiger partial charge >= 0.3 is 24.2 Å². The molecule has 464 valence electrons. The number of hydrogen-bond acceptors (Lipinski definition) is 18.